The minimum absolute atomic E-state index is 0.0588. The van der Waals surface area contributed by atoms with E-state index in [0.29, 0.717) is 21.5 Å². The summed E-state index contributed by atoms with van der Waals surface area (Å²) in [5, 5.41) is 3.57. The first kappa shape index (κ1) is 17.6. The monoisotopic (exact) mass is 351 g/mol. The molecular formula is C18H19Cl2NO2. The number of hydrogen-bond donors (Lipinski definition) is 1. The van der Waals surface area contributed by atoms with Crippen LogP contribution in [-0.2, 0) is 10.2 Å². The Morgan fingerprint density at radius 2 is 1.78 bits per heavy atom. The van der Waals surface area contributed by atoms with Crippen LogP contribution in [0.2, 0.25) is 10.0 Å². The van der Waals surface area contributed by atoms with Crippen LogP contribution in [0.25, 0.3) is 0 Å². The van der Waals surface area contributed by atoms with Gasteiger partial charge in [-0.3, -0.25) is 4.79 Å². The van der Waals surface area contributed by atoms with Gasteiger partial charge in [-0.15, -0.1) is 0 Å². The quantitative estimate of drug-likeness (QED) is 0.810. The van der Waals surface area contributed by atoms with Crippen LogP contribution in [0.5, 0.6) is 5.75 Å². The van der Waals surface area contributed by atoms with Gasteiger partial charge in [-0.05, 0) is 35.2 Å². The number of carbonyl (C=O) groups excluding carboxylic acids is 1. The fourth-order valence-electron chi connectivity index (χ4n) is 2.13. The van der Waals surface area contributed by atoms with E-state index in [2.05, 4.69) is 26.1 Å². The Morgan fingerprint density at radius 3 is 2.43 bits per heavy atom. The number of ether oxygens (including phenoxy) is 1. The van der Waals surface area contributed by atoms with Crippen molar-refractivity contribution in [2.24, 2.45) is 0 Å². The number of carbonyl (C=O) groups is 1. The number of halogens is 2. The third-order valence-corrected chi connectivity index (χ3v) is 4.00. The molecule has 2 aromatic carbocycles. The average molecular weight is 352 g/mol. The largest absolute Gasteiger partial charge is 0.483 e. The standard InChI is InChI=1S/C18H19Cl2NO2/c1-18(2,3)13-6-4-5-7-16(13)23-11-17(22)21-12-8-9-14(19)15(20)10-12/h4-10H,11H2,1-3H3,(H,21,22). The normalized spacial score (nSPS) is 11.2. The van der Waals surface area contributed by atoms with Crippen molar-refractivity contribution in [3.63, 3.8) is 0 Å². The van der Waals surface area contributed by atoms with Crippen molar-refractivity contribution in [1.82, 2.24) is 0 Å². The highest BCUT2D eigenvalue weighted by Gasteiger charge is 2.18. The number of benzene rings is 2. The van der Waals surface area contributed by atoms with Crippen LogP contribution < -0.4 is 10.1 Å². The van der Waals surface area contributed by atoms with Crippen molar-refractivity contribution in [2.45, 2.75) is 26.2 Å². The lowest BCUT2D eigenvalue weighted by Gasteiger charge is -2.22. The highest BCUT2D eigenvalue weighted by Crippen LogP contribution is 2.31. The molecule has 2 rings (SSSR count). The van der Waals surface area contributed by atoms with Gasteiger partial charge >= 0.3 is 0 Å². The molecule has 0 heterocycles. The van der Waals surface area contributed by atoms with Crippen molar-refractivity contribution in [1.29, 1.82) is 0 Å². The molecule has 0 bridgehead atoms. The summed E-state index contributed by atoms with van der Waals surface area (Å²) in [6, 6.07) is 12.7. The molecule has 0 spiro atoms. The van der Waals surface area contributed by atoms with E-state index in [1.807, 2.05) is 24.3 Å². The van der Waals surface area contributed by atoms with Gasteiger partial charge in [0.25, 0.3) is 5.91 Å². The van der Waals surface area contributed by atoms with E-state index < -0.39 is 0 Å². The SMILES string of the molecule is CC(C)(C)c1ccccc1OCC(=O)Nc1ccc(Cl)c(Cl)c1. The van der Waals surface area contributed by atoms with Crippen LogP contribution in [0.4, 0.5) is 5.69 Å². The highest BCUT2D eigenvalue weighted by atomic mass is 35.5. The van der Waals surface area contributed by atoms with Crippen molar-refractivity contribution in [3.05, 3.63) is 58.1 Å². The van der Waals surface area contributed by atoms with Crippen molar-refractivity contribution < 1.29 is 9.53 Å². The molecular weight excluding hydrogens is 333 g/mol. The van der Waals surface area contributed by atoms with Gasteiger partial charge in [-0.2, -0.15) is 0 Å². The van der Waals surface area contributed by atoms with Crippen molar-refractivity contribution in [3.8, 4) is 5.75 Å². The summed E-state index contributed by atoms with van der Waals surface area (Å²) in [6.45, 7) is 6.23. The molecule has 1 N–H and O–H groups in total. The molecule has 0 atom stereocenters. The molecule has 1 amide bonds. The van der Waals surface area contributed by atoms with E-state index >= 15 is 0 Å². The summed E-state index contributed by atoms with van der Waals surface area (Å²) in [5.41, 5.74) is 1.58. The molecule has 0 aliphatic carbocycles. The first-order chi connectivity index (χ1) is 10.8. The molecule has 0 saturated carbocycles. The molecule has 3 nitrogen and oxygen atoms in total. The van der Waals surface area contributed by atoms with Crippen molar-refractivity contribution in [2.75, 3.05) is 11.9 Å². The summed E-state index contributed by atoms with van der Waals surface area (Å²) in [6.07, 6.45) is 0. The second kappa shape index (κ2) is 7.24. The third kappa shape index (κ3) is 4.88. The Labute approximate surface area is 146 Å². The molecule has 0 aliphatic rings. The van der Waals surface area contributed by atoms with E-state index in [4.69, 9.17) is 27.9 Å². The van der Waals surface area contributed by atoms with Crippen molar-refractivity contribution >= 4 is 34.8 Å². The number of hydrogen-bond acceptors (Lipinski definition) is 2. The summed E-state index contributed by atoms with van der Waals surface area (Å²) >= 11 is 11.8. The van der Waals surface area contributed by atoms with Gasteiger partial charge in [0, 0.05) is 5.69 Å². The smallest absolute Gasteiger partial charge is 0.262 e. The predicted octanol–water partition coefficient (Wildman–Crippen LogP) is 5.31. The first-order valence-corrected chi connectivity index (χ1v) is 8.00. The Kier molecular flexibility index (Phi) is 5.55. The second-order valence-corrected chi connectivity index (χ2v) is 7.03. The molecule has 0 saturated heterocycles. The van der Waals surface area contributed by atoms with Crippen LogP contribution in [-0.4, -0.2) is 12.5 Å². The maximum Gasteiger partial charge on any atom is 0.262 e. The molecule has 0 unspecified atom stereocenters. The lowest BCUT2D eigenvalue weighted by Crippen LogP contribution is -2.21. The molecule has 0 radical (unpaired) electrons. The molecule has 5 heteroatoms. The number of para-hydroxylation sites is 1. The van der Waals surface area contributed by atoms with Crippen LogP contribution in [0.15, 0.2) is 42.5 Å². The zero-order valence-electron chi connectivity index (χ0n) is 13.3. The van der Waals surface area contributed by atoms with E-state index in [1.165, 1.54) is 0 Å². The summed E-state index contributed by atoms with van der Waals surface area (Å²) < 4.78 is 5.68. The fraction of sp³-hybridized carbons (Fsp3) is 0.278. The maximum atomic E-state index is 12.0. The van der Waals surface area contributed by atoms with Gasteiger partial charge in [0.05, 0.1) is 10.0 Å². The van der Waals surface area contributed by atoms with E-state index in [0.717, 1.165) is 5.56 Å². The zero-order chi connectivity index (χ0) is 17.0. The predicted molar refractivity (Wildman–Crippen MR) is 95.7 cm³/mol. The summed E-state index contributed by atoms with van der Waals surface area (Å²) in [4.78, 5) is 12.0. The summed E-state index contributed by atoms with van der Waals surface area (Å²) in [5.74, 6) is 0.455. The van der Waals surface area contributed by atoms with Gasteiger partial charge in [-0.25, -0.2) is 0 Å². The van der Waals surface area contributed by atoms with E-state index in [-0.39, 0.29) is 17.9 Å². The van der Waals surface area contributed by atoms with E-state index in [1.54, 1.807) is 18.2 Å². The average Bonchev–Trinajstić information content (AvgIpc) is 2.48. The second-order valence-electron chi connectivity index (χ2n) is 6.21. The molecule has 0 aliphatic heterocycles. The fourth-order valence-corrected chi connectivity index (χ4v) is 2.42. The minimum atomic E-state index is -0.257. The van der Waals surface area contributed by atoms with Crippen LogP contribution in [0.1, 0.15) is 26.3 Å². The Balaban J connectivity index is 2.01. The van der Waals surface area contributed by atoms with Gasteiger partial charge in [0.2, 0.25) is 0 Å². The Morgan fingerprint density at radius 1 is 1.09 bits per heavy atom. The number of anilines is 1. The minimum Gasteiger partial charge on any atom is -0.483 e. The molecule has 2 aromatic rings. The molecule has 122 valence electrons. The van der Waals surface area contributed by atoms with Gasteiger partial charge in [0.1, 0.15) is 5.75 Å². The maximum absolute atomic E-state index is 12.0. The number of amides is 1. The van der Waals surface area contributed by atoms with Gasteiger partial charge < -0.3 is 10.1 Å². The first-order valence-electron chi connectivity index (χ1n) is 7.24. The van der Waals surface area contributed by atoms with Gasteiger partial charge in [-0.1, -0.05) is 62.2 Å². The van der Waals surface area contributed by atoms with Crippen LogP contribution in [0.3, 0.4) is 0 Å². The Bertz CT molecular complexity index is 708. The zero-order valence-corrected chi connectivity index (χ0v) is 14.8. The third-order valence-electron chi connectivity index (χ3n) is 3.26. The molecule has 0 fully saturated rings. The number of nitrogens with one attached hydrogen (secondary N) is 1. The lowest BCUT2D eigenvalue weighted by atomic mass is 9.86. The summed E-state index contributed by atoms with van der Waals surface area (Å²) in [7, 11) is 0. The molecule has 0 aromatic heterocycles. The topological polar surface area (TPSA) is 38.3 Å². The molecule has 23 heavy (non-hydrogen) atoms. The van der Waals surface area contributed by atoms with E-state index in [9.17, 15) is 4.79 Å². The highest BCUT2D eigenvalue weighted by molar-refractivity contribution is 6.42. The van der Waals surface area contributed by atoms with Crippen LogP contribution in [0, 0.1) is 0 Å². The lowest BCUT2D eigenvalue weighted by molar-refractivity contribution is -0.118. The number of rotatable bonds is 4. The Hall–Kier alpha value is -1.71. The van der Waals surface area contributed by atoms with Crippen LogP contribution >= 0.6 is 23.2 Å². The van der Waals surface area contributed by atoms with Gasteiger partial charge in [0.15, 0.2) is 6.61 Å².